The Morgan fingerprint density at radius 3 is 2.00 bits per heavy atom. The SMILES string of the molecule is SCCOc1ccc(OCc2ccccc2)cc1. The van der Waals surface area contributed by atoms with Crippen molar-refractivity contribution in [2.45, 2.75) is 6.61 Å². The van der Waals surface area contributed by atoms with Crippen molar-refractivity contribution < 1.29 is 9.47 Å². The van der Waals surface area contributed by atoms with E-state index >= 15 is 0 Å². The van der Waals surface area contributed by atoms with Gasteiger partial charge in [-0.05, 0) is 29.8 Å². The van der Waals surface area contributed by atoms with Gasteiger partial charge in [0.25, 0.3) is 0 Å². The van der Waals surface area contributed by atoms with E-state index in [0.717, 1.165) is 17.1 Å². The van der Waals surface area contributed by atoms with Crippen LogP contribution in [0.4, 0.5) is 0 Å². The van der Waals surface area contributed by atoms with E-state index in [9.17, 15) is 0 Å². The molecule has 0 aromatic heterocycles. The van der Waals surface area contributed by atoms with Crippen LogP contribution in [0.5, 0.6) is 11.5 Å². The zero-order valence-corrected chi connectivity index (χ0v) is 11.0. The molecule has 0 atom stereocenters. The van der Waals surface area contributed by atoms with Gasteiger partial charge in [0.15, 0.2) is 0 Å². The van der Waals surface area contributed by atoms with Gasteiger partial charge in [0.2, 0.25) is 0 Å². The first kappa shape index (κ1) is 12.8. The summed E-state index contributed by atoms with van der Waals surface area (Å²) in [4.78, 5) is 0. The summed E-state index contributed by atoms with van der Waals surface area (Å²) in [6.45, 7) is 1.20. The maximum Gasteiger partial charge on any atom is 0.120 e. The molecule has 2 aromatic rings. The Morgan fingerprint density at radius 1 is 0.778 bits per heavy atom. The van der Waals surface area contributed by atoms with Gasteiger partial charge in [-0.15, -0.1) is 0 Å². The highest BCUT2D eigenvalue weighted by Gasteiger charge is 1.97. The van der Waals surface area contributed by atoms with Gasteiger partial charge in [-0.2, -0.15) is 12.6 Å². The maximum absolute atomic E-state index is 5.68. The smallest absolute Gasteiger partial charge is 0.120 e. The Morgan fingerprint density at radius 2 is 1.39 bits per heavy atom. The fourth-order valence-corrected chi connectivity index (χ4v) is 1.63. The van der Waals surface area contributed by atoms with Crippen molar-refractivity contribution in [3.63, 3.8) is 0 Å². The van der Waals surface area contributed by atoms with Crippen molar-refractivity contribution in [3.05, 3.63) is 60.2 Å². The van der Waals surface area contributed by atoms with Crippen molar-refractivity contribution in [2.24, 2.45) is 0 Å². The molecule has 0 saturated heterocycles. The Labute approximate surface area is 113 Å². The van der Waals surface area contributed by atoms with Crippen LogP contribution in [-0.4, -0.2) is 12.4 Å². The van der Waals surface area contributed by atoms with Crippen molar-refractivity contribution in [2.75, 3.05) is 12.4 Å². The van der Waals surface area contributed by atoms with E-state index < -0.39 is 0 Å². The van der Waals surface area contributed by atoms with Crippen LogP contribution in [0.25, 0.3) is 0 Å². The van der Waals surface area contributed by atoms with Gasteiger partial charge in [0, 0.05) is 5.75 Å². The van der Waals surface area contributed by atoms with Crippen LogP contribution in [0.1, 0.15) is 5.56 Å². The summed E-state index contributed by atoms with van der Waals surface area (Å²) in [5, 5.41) is 0. The lowest BCUT2D eigenvalue weighted by molar-refractivity contribution is 0.304. The molecule has 2 aromatic carbocycles. The standard InChI is InChI=1S/C15H16O2S/c18-11-10-16-14-6-8-15(9-7-14)17-12-13-4-2-1-3-5-13/h1-9,18H,10-12H2. The molecule has 0 unspecified atom stereocenters. The first-order valence-electron chi connectivity index (χ1n) is 5.89. The summed E-state index contributed by atoms with van der Waals surface area (Å²) in [6.07, 6.45) is 0. The van der Waals surface area contributed by atoms with Crippen LogP contribution in [0.2, 0.25) is 0 Å². The van der Waals surface area contributed by atoms with Gasteiger partial charge in [0.05, 0.1) is 6.61 Å². The van der Waals surface area contributed by atoms with Crippen LogP contribution in [0.15, 0.2) is 54.6 Å². The Bertz CT molecular complexity index is 454. The van der Waals surface area contributed by atoms with Crippen molar-refractivity contribution in [1.82, 2.24) is 0 Å². The van der Waals surface area contributed by atoms with E-state index in [1.165, 1.54) is 0 Å². The predicted octanol–water partition coefficient (Wildman–Crippen LogP) is 3.57. The molecule has 0 amide bonds. The summed E-state index contributed by atoms with van der Waals surface area (Å²) >= 11 is 4.10. The number of hydrogen-bond acceptors (Lipinski definition) is 3. The lowest BCUT2D eigenvalue weighted by atomic mass is 10.2. The van der Waals surface area contributed by atoms with Gasteiger partial charge in [-0.1, -0.05) is 30.3 Å². The molecule has 0 aliphatic rings. The molecule has 0 bridgehead atoms. The van der Waals surface area contributed by atoms with Gasteiger partial charge >= 0.3 is 0 Å². The van der Waals surface area contributed by atoms with Crippen LogP contribution >= 0.6 is 12.6 Å². The summed E-state index contributed by atoms with van der Waals surface area (Å²) < 4.78 is 11.1. The normalized spacial score (nSPS) is 10.1. The second-order valence-corrected chi connectivity index (χ2v) is 4.26. The van der Waals surface area contributed by atoms with E-state index in [-0.39, 0.29) is 0 Å². The van der Waals surface area contributed by atoms with Crippen molar-refractivity contribution in [3.8, 4) is 11.5 Å². The largest absolute Gasteiger partial charge is 0.493 e. The van der Waals surface area contributed by atoms with E-state index in [4.69, 9.17) is 9.47 Å². The third-order valence-corrected chi connectivity index (χ3v) is 2.61. The summed E-state index contributed by atoms with van der Waals surface area (Å²) in [5.41, 5.74) is 1.16. The number of benzene rings is 2. The minimum atomic E-state index is 0.581. The Balaban J connectivity index is 1.86. The Kier molecular flexibility index (Phi) is 4.97. The zero-order valence-electron chi connectivity index (χ0n) is 10.1. The number of rotatable bonds is 6. The van der Waals surface area contributed by atoms with Gasteiger partial charge < -0.3 is 9.47 Å². The summed E-state index contributed by atoms with van der Waals surface area (Å²) in [6, 6.07) is 17.7. The molecule has 0 radical (unpaired) electrons. The minimum Gasteiger partial charge on any atom is -0.493 e. The molecule has 0 aliphatic carbocycles. The molecular formula is C15H16O2S. The highest BCUT2D eigenvalue weighted by Crippen LogP contribution is 2.18. The van der Waals surface area contributed by atoms with Gasteiger partial charge in [-0.3, -0.25) is 0 Å². The molecular weight excluding hydrogens is 244 g/mol. The monoisotopic (exact) mass is 260 g/mol. The summed E-state index contributed by atoms with van der Waals surface area (Å²) in [7, 11) is 0. The lowest BCUT2D eigenvalue weighted by Gasteiger charge is -2.08. The first-order valence-corrected chi connectivity index (χ1v) is 6.52. The average Bonchev–Trinajstić information content (AvgIpc) is 2.45. The molecule has 3 heteroatoms. The van der Waals surface area contributed by atoms with E-state index in [0.29, 0.717) is 19.0 Å². The third-order valence-electron chi connectivity index (χ3n) is 2.43. The number of thiol groups is 1. The van der Waals surface area contributed by atoms with Crippen LogP contribution in [0.3, 0.4) is 0 Å². The number of hydrogen-bond donors (Lipinski definition) is 1. The Hall–Kier alpha value is -1.61. The molecule has 0 fully saturated rings. The molecule has 2 rings (SSSR count). The molecule has 0 aliphatic heterocycles. The quantitative estimate of drug-likeness (QED) is 0.800. The lowest BCUT2D eigenvalue weighted by Crippen LogP contribution is -1.98. The highest BCUT2D eigenvalue weighted by atomic mass is 32.1. The first-order chi connectivity index (χ1) is 8.88. The van der Waals surface area contributed by atoms with Crippen LogP contribution in [0, 0.1) is 0 Å². The van der Waals surface area contributed by atoms with Gasteiger partial charge in [-0.25, -0.2) is 0 Å². The average molecular weight is 260 g/mol. The summed E-state index contributed by atoms with van der Waals surface area (Å²) in [5.74, 6) is 2.40. The molecule has 18 heavy (non-hydrogen) atoms. The molecule has 0 heterocycles. The van der Waals surface area contributed by atoms with Crippen LogP contribution < -0.4 is 9.47 Å². The maximum atomic E-state index is 5.68. The second kappa shape index (κ2) is 6.97. The fraction of sp³-hybridized carbons (Fsp3) is 0.200. The molecule has 2 nitrogen and oxygen atoms in total. The second-order valence-electron chi connectivity index (χ2n) is 3.82. The molecule has 0 N–H and O–H groups in total. The van der Waals surface area contributed by atoms with Crippen LogP contribution in [-0.2, 0) is 6.61 Å². The van der Waals surface area contributed by atoms with E-state index in [1.807, 2.05) is 54.6 Å². The van der Waals surface area contributed by atoms with E-state index in [2.05, 4.69) is 12.6 Å². The fourth-order valence-electron chi connectivity index (χ4n) is 1.54. The van der Waals surface area contributed by atoms with E-state index in [1.54, 1.807) is 0 Å². The zero-order chi connectivity index (χ0) is 12.6. The third kappa shape index (κ3) is 4.00. The van der Waals surface area contributed by atoms with Crippen molar-refractivity contribution in [1.29, 1.82) is 0 Å². The predicted molar refractivity (Wildman–Crippen MR) is 76.6 cm³/mol. The topological polar surface area (TPSA) is 18.5 Å². The molecule has 94 valence electrons. The van der Waals surface area contributed by atoms with Gasteiger partial charge in [0.1, 0.15) is 18.1 Å². The minimum absolute atomic E-state index is 0.581. The molecule has 0 spiro atoms. The molecule has 0 saturated carbocycles. The highest BCUT2D eigenvalue weighted by molar-refractivity contribution is 7.80. The number of ether oxygens (including phenoxy) is 2. The van der Waals surface area contributed by atoms with Crippen molar-refractivity contribution >= 4 is 12.6 Å².